The number of amides is 1. The molecule has 0 bridgehead atoms. The molecule has 0 saturated carbocycles. The van der Waals surface area contributed by atoms with E-state index in [1.807, 2.05) is 6.07 Å². The number of rotatable bonds is 6. The maximum Gasteiger partial charge on any atom is 0.338 e. The predicted molar refractivity (Wildman–Crippen MR) is 84.9 cm³/mol. The lowest BCUT2D eigenvalue weighted by Gasteiger charge is -2.09. The molecule has 1 amide bonds. The zero-order valence-electron chi connectivity index (χ0n) is 12.9. The molecule has 120 valence electrons. The third kappa shape index (κ3) is 4.74. The molecule has 0 saturated heterocycles. The number of esters is 1. The van der Waals surface area contributed by atoms with Gasteiger partial charge in [-0.1, -0.05) is 18.2 Å². The van der Waals surface area contributed by atoms with Crippen LogP contribution in [0, 0.1) is 0 Å². The smallest absolute Gasteiger partial charge is 0.338 e. The minimum Gasteiger partial charge on any atom is -0.497 e. The molecule has 0 radical (unpaired) electrons. The normalized spacial score (nSPS) is 9.83. The third-order valence-electron chi connectivity index (χ3n) is 2.98. The van der Waals surface area contributed by atoms with Crippen LogP contribution in [-0.4, -0.2) is 32.7 Å². The van der Waals surface area contributed by atoms with Gasteiger partial charge in [-0.15, -0.1) is 0 Å². The van der Waals surface area contributed by atoms with Gasteiger partial charge in [0.25, 0.3) is 5.91 Å². The van der Waals surface area contributed by atoms with Crippen molar-refractivity contribution in [3.05, 3.63) is 54.1 Å². The fourth-order valence-corrected chi connectivity index (χ4v) is 1.86. The van der Waals surface area contributed by atoms with Crippen LogP contribution in [0.2, 0.25) is 0 Å². The van der Waals surface area contributed by atoms with Crippen LogP contribution < -0.4 is 14.8 Å². The van der Waals surface area contributed by atoms with Gasteiger partial charge in [0, 0.05) is 11.8 Å². The van der Waals surface area contributed by atoms with Crippen molar-refractivity contribution in [1.82, 2.24) is 0 Å². The number of methoxy groups -OCH3 is 2. The van der Waals surface area contributed by atoms with E-state index in [1.165, 1.54) is 26.4 Å². The van der Waals surface area contributed by atoms with Gasteiger partial charge in [-0.2, -0.15) is 0 Å². The van der Waals surface area contributed by atoms with Gasteiger partial charge in [-0.3, -0.25) is 4.79 Å². The van der Waals surface area contributed by atoms with E-state index < -0.39 is 11.9 Å². The molecule has 0 spiro atoms. The molecule has 0 heterocycles. The molecule has 0 unspecified atom stereocenters. The largest absolute Gasteiger partial charge is 0.497 e. The first-order valence-corrected chi connectivity index (χ1v) is 6.87. The molecule has 0 aromatic heterocycles. The van der Waals surface area contributed by atoms with E-state index in [1.54, 1.807) is 30.3 Å². The van der Waals surface area contributed by atoms with Gasteiger partial charge in [0.2, 0.25) is 0 Å². The molecule has 0 aliphatic heterocycles. The summed E-state index contributed by atoms with van der Waals surface area (Å²) in [5.74, 6) is -0.125. The maximum atomic E-state index is 12.0. The number of nitrogens with one attached hydrogen (secondary N) is 1. The van der Waals surface area contributed by atoms with Gasteiger partial charge in [-0.05, 0) is 24.3 Å². The second-order valence-electron chi connectivity index (χ2n) is 4.59. The molecular formula is C17H17NO5. The van der Waals surface area contributed by atoms with Crippen molar-refractivity contribution in [2.24, 2.45) is 0 Å². The average molecular weight is 315 g/mol. The Hall–Kier alpha value is -3.02. The Labute approximate surface area is 134 Å². The molecule has 6 heteroatoms. The lowest BCUT2D eigenvalue weighted by molar-refractivity contribution is -0.119. The van der Waals surface area contributed by atoms with Gasteiger partial charge in [-0.25, -0.2) is 4.79 Å². The SMILES string of the molecule is COc1cc(OC)cc(C(=O)OCC(=O)Nc2ccccc2)c1. The highest BCUT2D eigenvalue weighted by molar-refractivity contribution is 5.95. The monoisotopic (exact) mass is 315 g/mol. The van der Waals surface area contributed by atoms with Crippen molar-refractivity contribution in [2.75, 3.05) is 26.1 Å². The van der Waals surface area contributed by atoms with E-state index in [0.717, 1.165) is 0 Å². The lowest BCUT2D eigenvalue weighted by Crippen LogP contribution is -2.20. The number of ether oxygens (including phenoxy) is 3. The fraction of sp³-hybridized carbons (Fsp3) is 0.176. The number of hydrogen-bond acceptors (Lipinski definition) is 5. The van der Waals surface area contributed by atoms with Crippen LogP contribution in [0.15, 0.2) is 48.5 Å². The fourth-order valence-electron chi connectivity index (χ4n) is 1.86. The summed E-state index contributed by atoms with van der Waals surface area (Å²) in [6, 6.07) is 13.6. The highest BCUT2D eigenvalue weighted by Crippen LogP contribution is 2.22. The lowest BCUT2D eigenvalue weighted by atomic mass is 10.2. The van der Waals surface area contributed by atoms with E-state index in [4.69, 9.17) is 14.2 Å². The number of para-hydroxylation sites is 1. The predicted octanol–water partition coefficient (Wildman–Crippen LogP) is 2.50. The summed E-state index contributed by atoms with van der Waals surface area (Å²) in [6.07, 6.45) is 0. The standard InChI is InChI=1S/C17H17NO5/c1-21-14-8-12(9-15(10-14)22-2)17(20)23-11-16(19)18-13-6-4-3-5-7-13/h3-10H,11H2,1-2H3,(H,18,19). The minimum atomic E-state index is -0.634. The molecule has 0 fully saturated rings. The number of benzene rings is 2. The van der Waals surface area contributed by atoms with Crippen molar-refractivity contribution < 1.29 is 23.8 Å². The van der Waals surface area contributed by atoms with Crippen molar-refractivity contribution in [3.63, 3.8) is 0 Å². The third-order valence-corrected chi connectivity index (χ3v) is 2.98. The quantitative estimate of drug-likeness (QED) is 0.829. The summed E-state index contributed by atoms with van der Waals surface area (Å²) in [5, 5.41) is 2.63. The van der Waals surface area contributed by atoms with Crippen LogP contribution in [-0.2, 0) is 9.53 Å². The molecular weight excluding hydrogens is 298 g/mol. The molecule has 0 atom stereocenters. The van der Waals surface area contributed by atoms with Crippen molar-refractivity contribution in [3.8, 4) is 11.5 Å². The highest BCUT2D eigenvalue weighted by Gasteiger charge is 2.13. The Kier molecular flexibility index (Phi) is 5.57. The second-order valence-corrected chi connectivity index (χ2v) is 4.59. The molecule has 0 aliphatic rings. The molecule has 1 N–H and O–H groups in total. The van der Waals surface area contributed by atoms with E-state index in [0.29, 0.717) is 17.2 Å². The molecule has 6 nitrogen and oxygen atoms in total. The van der Waals surface area contributed by atoms with Crippen LogP contribution in [0.25, 0.3) is 0 Å². The molecule has 2 rings (SSSR count). The number of carbonyl (C=O) groups excluding carboxylic acids is 2. The summed E-state index contributed by atoms with van der Waals surface area (Å²) in [4.78, 5) is 23.8. The van der Waals surface area contributed by atoms with Crippen LogP contribution in [0.4, 0.5) is 5.69 Å². The summed E-state index contributed by atoms with van der Waals surface area (Å²) in [6.45, 7) is -0.382. The summed E-state index contributed by atoms with van der Waals surface area (Å²) >= 11 is 0. The summed E-state index contributed by atoms with van der Waals surface area (Å²) in [7, 11) is 2.97. The second kappa shape index (κ2) is 7.84. The van der Waals surface area contributed by atoms with Crippen molar-refractivity contribution in [2.45, 2.75) is 0 Å². The Bertz CT molecular complexity index is 662. The van der Waals surface area contributed by atoms with Crippen LogP contribution in [0.3, 0.4) is 0 Å². The van der Waals surface area contributed by atoms with Crippen LogP contribution >= 0.6 is 0 Å². The first-order chi connectivity index (χ1) is 11.1. The van der Waals surface area contributed by atoms with Crippen LogP contribution in [0.1, 0.15) is 10.4 Å². The van der Waals surface area contributed by atoms with E-state index >= 15 is 0 Å². The summed E-state index contributed by atoms with van der Waals surface area (Å²) in [5.41, 5.74) is 0.880. The maximum absolute atomic E-state index is 12.0. The number of carbonyl (C=O) groups is 2. The first kappa shape index (κ1) is 16.4. The number of anilines is 1. The van der Waals surface area contributed by atoms with Crippen molar-refractivity contribution >= 4 is 17.6 Å². The molecule has 23 heavy (non-hydrogen) atoms. The average Bonchev–Trinajstić information content (AvgIpc) is 2.60. The zero-order valence-corrected chi connectivity index (χ0v) is 12.9. The molecule has 2 aromatic carbocycles. The van der Waals surface area contributed by atoms with E-state index in [-0.39, 0.29) is 12.2 Å². The Balaban J connectivity index is 1.95. The zero-order chi connectivity index (χ0) is 16.7. The highest BCUT2D eigenvalue weighted by atomic mass is 16.5. The van der Waals surface area contributed by atoms with Gasteiger partial charge < -0.3 is 19.5 Å². The Morgan fingerprint density at radius 2 is 1.57 bits per heavy atom. The minimum absolute atomic E-state index is 0.244. The number of hydrogen-bond donors (Lipinski definition) is 1. The van der Waals surface area contributed by atoms with Gasteiger partial charge in [0.05, 0.1) is 19.8 Å². The Morgan fingerprint density at radius 1 is 0.957 bits per heavy atom. The first-order valence-electron chi connectivity index (χ1n) is 6.87. The van der Waals surface area contributed by atoms with Crippen LogP contribution in [0.5, 0.6) is 11.5 Å². The van der Waals surface area contributed by atoms with E-state index in [9.17, 15) is 9.59 Å². The van der Waals surface area contributed by atoms with E-state index in [2.05, 4.69) is 5.32 Å². The van der Waals surface area contributed by atoms with Crippen molar-refractivity contribution in [1.29, 1.82) is 0 Å². The topological polar surface area (TPSA) is 73.9 Å². The summed E-state index contributed by atoms with van der Waals surface area (Å²) < 4.78 is 15.2. The van der Waals surface area contributed by atoms with Gasteiger partial charge >= 0.3 is 5.97 Å². The Morgan fingerprint density at radius 3 is 2.13 bits per heavy atom. The van der Waals surface area contributed by atoms with Gasteiger partial charge in [0.1, 0.15) is 11.5 Å². The van der Waals surface area contributed by atoms with Gasteiger partial charge in [0.15, 0.2) is 6.61 Å². The molecule has 0 aliphatic carbocycles. The molecule has 2 aromatic rings.